The first-order chi connectivity index (χ1) is 8.67. The molecule has 0 heterocycles. The maximum atomic E-state index is 11.8. The summed E-state index contributed by atoms with van der Waals surface area (Å²) in [4.78, 5) is 22.9. The Morgan fingerprint density at radius 3 is 2.39 bits per heavy atom. The molecule has 18 heavy (non-hydrogen) atoms. The molecule has 2 amide bonds. The van der Waals surface area contributed by atoms with Crippen LogP contribution in [0.2, 0.25) is 0 Å². The number of carbonyl (C=O) groups is 2. The Balaban J connectivity index is 2.50. The van der Waals surface area contributed by atoms with Gasteiger partial charge in [0.05, 0.1) is 12.6 Å². The highest BCUT2D eigenvalue weighted by molar-refractivity contribution is 5.87. The van der Waals surface area contributed by atoms with Crippen molar-refractivity contribution < 1.29 is 9.59 Å². The van der Waals surface area contributed by atoms with Crippen molar-refractivity contribution in [2.75, 3.05) is 20.6 Å². The third-order valence-electron chi connectivity index (χ3n) is 2.65. The molecule has 1 aromatic rings. The van der Waals surface area contributed by atoms with E-state index in [1.54, 1.807) is 7.05 Å². The van der Waals surface area contributed by atoms with Crippen molar-refractivity contribution >= 4 is 11.8 Å². The fourth-order valence-electron chi connectivity index (χ4n) is 1.55. The first-order valence-electron chi connectivity index (χ1n) is 5.87. The average molecular weight is 249 g/mol. The Morgan fingerprint density at radius 2 is 1.83 bits per heavy atom. The van der Waals surface area contributed by atoms with Gasteiger partial charge in [-0.05, 0) is 19.0 Å². The van der Waals surface area contributed by atoms with E-state index < -0.39 is 0 Å². The van der Waals surface area contributed by atoms with E-state index in [9.17, 15) is 9.59 Å². The van der Waals surface area contributed by atoms with Crippen molar-refractivity contribution in [1.82, 2.24) is 16.0 Å². The highest BCUT2D eigenvalue weighted by Crippen LogP contribution is 2.02. The van der Waals surface area contributed by atoms with Crippen molar-refractivity contribution in [3.8, 4) is 0 Å². The molecule has 0 fully saturated rings. The summed E-state index contributed by atoms with van der Waals surface area (Å²) in [6.45, 7) is 0.00228. The molecular weight excluding hydrogens is 230 g/mol. The van der Waals surface area contributed by atoms with Crippen LogP contribution in [0, 0.1) is 0 Å². The van der Waals surface area contributed by atoms with E-state index in [0.29, 0.717) is 6.42 Å². The quantitative estimate of drug-likeness (QED) is 0.647. The van der Waals surface area contributed by atoms with E-state index >= 15 is 0 Å². The van der Waals surface area contributed by atoms with E-state index in [1.165, 1.54) is 7.05 Å². The molecule has 0 unspecified atom stereocenters. The Hall–Kier alpha value is -1.88. The standard InChI is InChI=1S/C13H19N3O2/c1-14-11(8-10-6-4-3-5-7-10)13(18)16-9-12(17)15-2/h3-7,11,14H,8-9H2,1-2H3,(H,15,17)(H,16,18)/t11-/m0/s1. The van der Waals surface area contributed by atoms with Gasteiger partial charge in [0.2, 0.25) is 11.8 Å². The summed E-state index contributed by atoms with van der Waals surface area (Å²) < 4.78 is 0. The van der Waals surface area contributed by atoms with Crippen LogP contribution in [0.3, 0.4) is 0 Å². The number of hydrogen-bond acceptors (Lipinski definition) is 3. The van der Waals surface area contributed by atoms with Crippen molar-refractivity contribution in [3.63, 3.8) is 0 Å². The van der Waals surface area contributed by atoms with Crippen molar-refractivity contribution in [3.05, 3.63) is 35.9 Å². The highest BCUT2D eigenvalue weighted by Gasteiger charge is 2.16. The summed E-state index contributed by atoms with van der Waals surface area (Å²) in [5, 5.41) is 7.99. The van der Waals surface area contributed by atoms with Gasteiger partial charge in [0.1, 0.15) is 0 Å². The zero-order chi connectivity index (χ0) is 13.4. The maximum absolute atomic E-state index is 11.8. The summed E-state index contributed by atoms with van der Waals surface area (Å²) in [7, 11) is 3.26. The van der Waals surface area contributed by atoms with Gasteiger partial charge in [-0.1, -0.05) is 30.3 Å². The maximum Gasteiger partial charge on any atom is 0.239 e. The molecule has 0 aliphatic rings. The zero-order valence-electron chi connectivity index (χ0n) is 10.7. The Bertz CT molecular complexity index is 392. The van der Waals surface area contributed by atoms with Gasteiger partial charge in [-0.15, -0.1) is 0 Å². The van der Waals surface area contributed by atoms with Crippen LogP contribution >= 0.6 is 0 Å². The number of nitrogens with one attached hydrogen (secondary N) is 3. The first-order valence-corrected chi connectivity index (χ1v) is 5.87. The second kappa shape index (κ2) is 7.45. The second-order valence-electron chi connectivity index (χ2n) is 3.92. The highest BCUT2D eigenvalue weighted by atomic mass is 16.2. The molecule has 0 saturated carbocycles. The molecule has 1 rings (SSSR count). The zero-order valence-corrected chi connectivity index (χ0v) is 10.7. The van der Waals surface area contributed by atoms with Gasteiger partial charge >= 0.3 is 0 Å². The smallest absolute Gasteiger partial charge is 0.239 e. The monoisotopic (exact) mass is 249 g/mol. The van der Waals surface area contributed by atoms with Gasteiger partial charge in [0.25, 0.3) is 0 Å². The van der Waals surface area contributed by atoms with Crippen LogP contribution in [-0.4, -0.2) is 38.5 Å². The summed E-state index contributed by atoms with van der Waals surface area (Å²) in [5.41, 5.74) is 1.08. The van der Waals surface area contributed by atoms with Crippen LogP contribution in [-0.2, 0) is 16.0 Å². The van der Waals surface area contributed by atoms with Gasteiger partial charge in [0, 0.05) is 7.05 Å². The number of likely N-dealkylation sites (N-methyl/N-ethyl adjacent to an activating group) is 2. The van der Waals surface area contributed by atoms with E-state index in [4.69, 9.17) is 0 Å². The Kier molecular flexibility index (Phi) is 5.87. The van der Waals surface area contributed by atoms with E-state index in [2.05, 4.69) is 16.0 Å². The van der Waals surface area contributed by atoms with Crippen LogP contribution < -0.4 is 16.0 Å². The molecule has 1 atom stereocenters. The molecule has 3 N–H and O–H groups in total. The van der Waals surface area contributed by atoms with Crippen molar-refractivity contribution in [1.29, 1.82) is 0 Å². The van der Waals surface area contributed by atoms with E-state index in [-0.39, 0.29) is 24.4 Å². The predicted molar refractivity (Wildman–Crippen MR) is 70.1 cm³/mol. The molecule has 98 valence electrons. The van der Waals surface area contributed by atoms with Gasteiger partial charge in [0.15, 0.2) is 0 Å². The molecule has 0 radical (unpaired) electrons. The summed E-state index contributed by atoms with van der Waals surface area (Å²) in [6.07, 6.45) is 0.594. The van der Waals surface area contributed by atoms with Gasteiger partial charge in [-0.25, -0.2) is 0 Å². The van der Waals surface area contributed by atoms with Crippen LogP contribution in [0.25, 0.3) is 0 Å². The normalized spacial score (nSPS) is 11.7. The SMILES string of the molecule is CNC(=O)CNC(=O)[C@H](Cc1ccccc1)NC. The number of hydrogen-bond donors (Lipinski definition) is 3. The lowest BCUT2D eigenvalue weighted by molar-refractivity contribution is -0.127. The topological polar surface area (TPSA) is 70.2 Å². The van der Waals surface area contributed by atoms with Crippen LogP contribution in [0.15, 0.2) is 30.3 Å². The van der Waals surface area contributed by atoms with Crippen molar-refractivity contribution in [2.45, 2.75) is 12.5 Å². The average Bonchev–Trinajstić information content (AvgIpc) is 2.42. The third kappa shape index (κ3) is 4.55. The lowest BCUT2D eigenvalue weighted by atomic mass is 10.1. The third-order valence-corrected chi connectivity index (χ3v) is 2.65. The fraction of sp³-hybridized carbons (Fsp3) is 0.385. The van der Waals surface area contributed by atoms with Gasteiger partial charge < -0.3 is 16.0 Å². The van der Waals surface area contributed by atoms with Crippen LogP contribution in [0.4, 0.5) is 0 Å². The molecule has 0 bridgehead atoms. The number of benzene rings is 1. The molecule has 0 aromatic heterocycles. The Morgan fingerprint density at radius 1 is 1.17 bits per heavy atom. The molecule has 0 aliphatic heterocycles. The largest absolute Gasteiger partial charge is 0.358 e. The lowest BCUT2D eigenvalue weighted by Gasteiger charge is -2.15. The summed E-state index contributed by atoms with van der Waals surface area (Å²) in [5.74, 6) is -0.386. The molecule has 0 spiro atoms. The minimum absolute atomic E-state index is 0.00228. The number of rotatable bonds is 6. The summed E-state index contributed by atoms with van der Waals surface area (Å²) >= 11 is 0. The predicted octanol–water partition coefficient (Wildman–Crippen LogP) is -0.321. The second-order valence-corrected chi connectivity index (χ2v) is 3.92. The van der Waals surface area contributed by atoms with Crippen molar-refractivity contribution in [2.24, 2.45) is 0 Å². The molecule has 1 aromatic carbocycles. The Labute approximate surface area is 107 Å². The molecule has 5 nitrogen and oxygen atoms in total. The molecule has 0 aliphatic carbocycles. The van der Waals surface area contributed by atoms with Gasteiger partial charge in [-0.2, -0.15) is 0 Å². The number of amides is 2. The molecular formula is C13H19N3O2. The van der Waals surface area contributed by atoms with E-state index in [0.717, 1.165) is 5.56 Å². The fourth-order valence-corrected chi connectivity index (χ4v) is 1.55. The van der Waals surface area contributed by atoms with Gasteiger partial charge in [-0.3, -0.25) is 9.59 Å². The van der Waals surface area contributed by atoms with E-state index in [1.807, 2.05) is 30.3 Å². The number of carbonyl (C=O) groups excluding carboxylic acids is 2. The van der Waals surface area contributed by atoms with Crippen LogP contribution in [0.5, 0.6) is 0 Å². The first kappa shape index (κ1) is 14.2. The minimum Gasteiger partial charge on any atom is -0.358 e. The minimum atomic E-state index is -0.336. The molecule has 5 heteroatoms. The van der Waals surface area contributed by atoms with Crippen LogP contribution in [0.1, 0.15) is 5.56 Å². The lowest BCUT2D eigenvalue weighted by Crippen LogP contribution is -2.46. The molecule has 0 saturated heterocycles. The summed E-state index contributed by atoms with van der Waals surface area (Å²) in [6, 6.07) is 9.41.